The summed E-state index contributed by atoms with van der Waals surface area (Å²) in [6.07, 6.45) is 4.01. The first kappa shape index (κ1) is 5.53. The third-order valence-corrected chi connectivity index (χ3v) is 3.84. The van der Waals surface area contributed by atoms with Gasteiger partial charge in [-0.2, -0.15) is 0 Å². The molecule has 1 heterocycles. The van der Waals surface area contributed by atoms with Crippen LogP contribution in [0, 0.1) is 5.41 Å². The molecule has 3 rings (SSSR count). The topological polar surface area (TPSA) is 12.0 Å². The van der Waals surface area contributed by atoms with E-state index in [2.05, 4.69) is 5.32 Å². The third-order valence-electron chi connectivity index (χ3n) is 3.84. The van der Waals surface area contributed by atoms with Gasteiger partial charge in [-0.1, -0.05) is 0 Å². The predicted octanol–water partition coefficient (Wildman–Crippen LogP) is 1.24. The monoisotopic (exact) mass is 141 g/mol. The van der Waals surface area contributed by atoms with E-state index in [0.717, 1.165) is 12.8 Å². The molecule has 2 aliphatic carbocycles. The van der Waals surface area contributed by atoms with Crippen molar-refractivity contribution in [2.75, 3.05) is 0 Å². The van der Waals surface area contributed by atoms with Crippen molar-refractivity contribution in [2.24, 2.45) is 5.41 Å². The Bertz CT molecular complexity index is 182. The van der Waals surface area contributed by atoms with Gasteiger partial charge in [0.2, 0.25) is 0 Å². The molecule has 4 atom stereocenters. The Morgan fingerprint density at radius 2 is 2.10 bits per heavy atom. The van der Waals surface area contributed by atoms with Crippen LogP contribution in [-0.2, 0) is 0 Å². The first-order chi connectivity index (χ1) is 4.83. The van der Waals surface area contributed by atoms with Crippen molar-refractivity contribution in [3.05, 3.63) is 0 Å². The molecule has 1 N–H and O–H groups in total. The molecule has 3 fully saturated rings. The van der Waals surface area contributed by atoms with Gasteiger partial charge in [0.05, 0.1) is 0 Å². The molecule has 0 aromatic rings. The fourth-order valence-corrected chi connectivity index (χ4v) is 3.06. The summed E-state index contributed by atoms with van der Waals surface area (Å²) in [5.74, 6) is 0. The average Bonchev–Trinajstić information content (AvgIpc) is 2.21. The molecule has 1 saturated heterocycles. The van der Waals surface area contributed by atoms with Crippen LogP contribution in [0.3, 0.4) is 0 Å². The van der Waals surface area contributed by atoms with Gasteiger partial charge in [-0.05, 0) is 25.7 Å². The predicted molar refractivity (Wildman–Crippen MR) is 36.5 cm³/mol. The Kier molecular flexibility index (Phi) is 0.773. The van der Waals surface area contributed by atoms with E-state index in [9.17, 15) is 4.39 Å². The van der Waals surface area contributed by atoms with Gasteiger partial charge in [0.15, 0.2) is 0 Å². The van der Waals surface area contributed by atoms with Gasteiger partial charge in [0, 0.05) is 17.5 Å². The lowest BCUT2D eigenvalue weighted by molar-refractivity contribution is -0.0719. The summed E-state index contributed by atoms with van der Waals surface area (Å²) < 4.78 is 13.0. The van der Waals surface area contributed by atoms with Crippen LogP contribution in [0.4, 0.5) is 4.39 Å². The molecule has 1 spiro atoms. The molecule has 0 radical (unpaired) electrons. The minimum absolute atomic E-state index is 0.256. The first-order valence-electron chi connectivity index (χ1n) is 4.23. The number of nitrogens with one attached hydrogen (secondary N) is 1. The molecular formula is C8H12FN. The molecule has 2 heteroatoms. The van der Waals surface area contributed by atoms with Gasteiger partial charge in [-0.25, -0.2) is 4.39 Å². The molecule has 56 valence electrons. The van der Waals surface area contributed by atoms with E-state index in [0.29, 0.717) is 11.5 Å². The number of hydrogen-bond donors (Lipinski definition) is 1. The number of rotatable bonds is 0. The van der Waals surface area contributed by atoms with Gasteiger partial charge < -0.3 is 5.32 Å². The highest BCUT2D eigenvalue weighted by Crippen LogP contribution is 2.60. The van der Waals surface area contributed by atoms with Crippen LogP contribution in [-0.4, -0.2) is 18.3 Å². The lowest BCUT2D eigenvalue weighted by atomic mass is 9.55. The SMILES string of the molecule is FC1CCC23CCC2NC13. The maximum atomic E-state index is 13.0. The number of piperidine rings is 1. The largest absolute Gasteiger partial charge is 0.307 e. The molecule has 10 heavy (non-hydrogen) atoms. The zero-order valence-corrected chi connectivity index (χ0v) is 5.94. The molecule has 0 amide bonds. The number of alkyl halides is 1. The fraction of sp³-hybridized carbons (Fsp3) is 1.00. The second-order valence-corrected chi connectivity index (χ2v) is 4.02. The van der Waals surface area contributed by atoms with Crippen LogP contribution in [0.2, 0.25) is 0 Å². The summed E-state index contributed by atoms with van der Waals surface area (Å²) in [5.41, 5.74) is 0.458. The van der Waals surface area contributed by atoms with E-state index in [1.54, 1.807) is 0 Å². The van der Waals surface area contributed by atoms with Gasteiger partial charge in [0.1, 0.15) is 6.17 Å². The Morgan fingerprint density at radius 3 is 2.50 bits per heavy atom. The van der Waals surface area contributed by atoms with E-state index >= 15 is 0 Å². The number of halogens is 1. The summed E-state index contributed by atoms with van der Waals surface area (Å²) in [5, 5.41) is 3.31. The molecule has 0 aromatic heterocycles. The van der Waals surface area contributed by atoms with E-state index in [1.807, 2.05) is 0 Å². The molecule has 1 nitrogen and oxygen atoms in total. The summed E-state index contributed by atoms with van der Waals surface area (Å²) in [6.45, 7) is 0. The molecule has 0 aromatic carbocycles. The van der Waals surface area contributed by atoms with Crippen molar-refractivity contribution >= 4 is 0 Å². The molecular weight excluding hydrogens is 129 g/mol. The van der Waals surface area contributed by atoms with Gasteiger partial charge in [0.25, 0.3) is 0 Å². The second-order valence-electron chi connectivity index (χ2n) is 4.02. The quantitative estimate of drug-likeness (QED) is 0.535. The van der Waals surface area contributed by atoms with Crippen LogP contribution < -0.4 is 5.32 Å². The molecule has 3 aliphatic rings. The Balaban J connectivity index is 1.91. The maximum Gasteiger partial charge on any atom is 0.116 e. The summed E-state index contributed by atoms with van der Waals surface area (Å²) in [7, 11) is 0. The Labute approximate surface area is 60.0 Å². The van der Waals surface area contributed by atoms with Crippen LogP contribution in [0.15, 0.2) is 0 Å². The highest BCUT2D eigenvalue weighted by molar-refractivity contribution is 5.21. The van der Waals surface area contributed by atoms with Crippen molar-refractivity contribution in [1.29, 1.82) is 0 Å². The summed E-state index contributed by atoms with van der Waals surface area (Å²) >= 11 is 0. The van der Waals surface area contributed by atoms with E-state index < -0.39 is 6.17 Å². The van der Waals surface area contributed by atoms with E-state index in [4.69, 9.17) is 0 Å². The Hall–Kier alpha value is -0.110. The third kappa shape index (κ3) is 0.368. The van der Waals surface area contributed by atoms with Crippen molar-refractivity contribution < 1.29 is 4.39 Å². The van der Waals surface area contributed by atoms with Crippen molar-refractivity contribution in [1.82, 2.24) is 5.32 Å². The first-order valence-corrected chi connectivity index (χ1v) is 4.23. The standard InChI is InChI=1S/C8H12FN/c9-5-1-3-8-4-2-6(8)10-7(5)8/h5-7,10H,1-4H2. The molecule has 4 unspecified atom stereocenters. The van der Waals surface area contributed by atoms with Gasteiger partial charge in [-0.15, -0.1) is 0 Å². The van der Waals surface area contributed by atoms with E-state index in [1.165, 1.54) is 12.8 Å². The number of hydrogen-bond acceptors (Lipinski definition) is 1. The lowest BCUT2D eigenvalue weighted by Crippen LogP contribution is -2.74. The minimum Gasteiger partial charge on any atom is -0.307 e. The molecule has 2 saturated carbocycles. The fourth-order valence-electron chi connectivity index (χ4n) is 3.06. The van der Waals surface area contributed by atoms with Gasteiger partial charge >= 0.3 is 0 Å². The average molecular weight is 141 g/mol. The summed E-state index contributed by atoms with van der Waals surface area (Å²) in [6, 6.07) is 0.962. The molecule has 0 bridgehead atoms. The normalized spacial score (nSPS) is 63.9. The molecule has 1 aliphatic heterocycles. The Morgan fingerprint density at radius 1 is 1.30 bits per heavy atom. The highest BCUT2D eigenvalue weighted by Gasteiger charge is 2.65. The van der Waals surface area contributed by atoms with Crippen LogP contribution in [0.25, 0.3) is 0 Å². The zero-order chi connectivity index (χ0) is 6.77. The highest BCUT2D eigenvalue weighted by atomic mass is 19.1. The maximum absolute atomic E-state index is 13.0. The smallest absolute Gasteiger partial charge is 0.116 e. The van der Waals surface area contributed by atoms with Gasteiger partial charge in [-0.3, -0.25) is 0 Å². The van der Waals surface area contributed by atoms with Crippen LogP contribution in [0.5, 0.6) is 0 Å². The van der Waals surface area contributed by atoms with Crippen LogP contribution in [0.1, 0.15) is 25.7 Å². The van der Waals surface area contributed by atoms with Crippen molar-refractivity contribution in [3.8, 4) is 0 Å². The lowest BCUT2D eigenvalue weighted by Gasteiger charge is -2.62. The zero-order valence-electron chi connectivity index (χ0n) is 5.94. The second kappa shape index (κ2) is 1.40. The van der Waals surface area contributed by atoms with E-state index in [-0.39, 0.29) is 6.04 Å². The minimum atomic E-state index is -0.531. The van der Waals surface area contributed by atoms with Crippen molar-refractivity contribution in [3.63, 3.8) is 0 Å². The van der Waals surface area contributed by atoms with Crippen LogP contribution >= 0.6 is 0 Å². The summed E-state index contributed by atoms with van der Waals surface area (Å²) in [4.78, 5) is 0. The van der Waals surface area contributed by atoms with Crippen molar-refractivity contribution in [2.45, 2.75) is 43.9 Å².